The largest absolute Gasteiger partial charge is 0.302 e. The Morgan fingerprint density at radius 1 is 1.16 bits per heavy atom. The third kappa shape index (κ3) is 1.81. The van der Waals surface area contributed by atoms with E-state index in [9.17, 15) is 0 Å². The van der Waals surface area contributed by atoms with Crippen LogP contribution < -0.4 is 5.32 Å². The highest BCUT2D eigenvalue weighted by molar-refractivity contribution is 7.12. The van der Waals surface area contributed by atoms with Gasteiger partial charge >= 0.3 is 0 Å². The van der Waals surface area contributed by atoms with Crippen molar-refractivity contribution in [3.63, 3.8) is 0 Å². The van der Waals surface area contributed by atoms with E-state index in [2.05, 4.69) is 19.2 Å². The minimum absolute atomic E-state index is 0.170. The van der Waals surface area contributed by atoms with E-state index in [1.165, 1.54) is 62.1 Å². The lowest BCUT2D eigenvalue weighted by Crippen LogP contribution is -2.51. The van der Waals surface area contributed by atoms with E-state index in [1.807, 2.05) is 11.3 Å². The number of thiazole rings is 1. The van der Waals surface area contributed by atoms with E-state index >= 15 is 0 Å². The number of nitrogens with zero attached hydrogens (tertiary/aromatic N) is 1. The SMILES string of the molecule is CC1(C)CCCC1(NC1CC1)c1nc2c(s1)CCC2. The molecule has 0 bridgehead atoms. The monoisotopic (exact) mass is 276 g/mol. The second kappa shape index (κ2) is 4.05. The lowest BCUT2D eigenvalue weighted by atomic mass is 9.75. The fraction of sp³-hybridized carbons (Fsp3) is 0.812. The Labute approximate surface area is 120 Å². The zero-order chi connectivity index (χ0) is 13.1. The molecule has 2 nitrogen and oxygen atoms in total. The highest BCUT2D eigenvalue weighted by Crippen LogP contribution is 2.54. The van der Waals surface area contributed by atoms with Gasteiger partial charge in [0.05, 0.1) is 11.2 Å². The third-order valence-corrected chi connectivity index (χ3v) is 6.82. The first kappa shape index (κ1) is 12.3. The molecule has 1 heterocycles. The maximum absolute atomic E-state index is 5.08. The molecule has 0 amide bonds. The molecule has 3 aliphatic rings. The van der Waals surface area contributed by atoms with Gasteiger partial charge < -0.3 is 5.32 Å². The van der Waals surface area contributed by atoms with E-state index in [1.54, 1.807) is 4.88 Å². The van der Waals surface area contributed by atoms with Crippen molar-refractivity contribution >= 4 is 11.3 Å². The van der Waals surface area contributed by atoms with Gasteiger partial charge in [-0.2, -0.15) is 0 Å². The fourth-order valence-corrected chi connectivity index (χ4v) is 5.53. The summed E-state index contributed by atoms with van der Waals surface area (Å²) in [7, 11) is 0. The second-order valence-electron chi connectivity index (χ2n) is 7.30. The molecule has 1 N–H and O–H groups in total. The molecule has 2 fully saturated rings. The van der Waals surface area contributed by atoms with Crippen molar-refractivity contribution in [2.75, 3.05) is 0 Å². The van der Waals surface area contributed by atoms with Crippen LogP contribution in [0.1, 0.15) is 68.0 Å². The molecule has 0 aromatic carbocycles. The highest BCUT2D eigenvalue weighted by Gasteiger charge is 2.53. The number of aryl methyl sites for hydroxylation is 2. The van der Waals surface area contributed by atoms with Crippen molar-refractivity contribution in [2.45, 2.75) is 76.8 Å². The van der Waals surface area contributed by atoms with Crippen LogP contribution in [0.5, 0.6) is 0 Å². The van der Waals surface area contributed by atoms with Crippen LogP contribution in [0, 0.1) is 5.41 Å². The maximum atomic E-state index is 5.08. The van der Waals surface area contributed by atoms with Crippen molar-refractivity contribution < 1.29 is 0 Å². The third-order valence-electron chi connectivity index (χ3n) is 5.50. The predicted octanol–water partition coefficient (Wildman–Crippen LogP) is 3.79. The number of fused-ring (bicyclic) bond motifs is 1. The first-order valence-corrected chi connectivity index (χ1v) is 8.69. The molecule has 1 atom stereocenters. The predicted molar refractivity (Wildman–Crippen MR) is 79.6 cm³/mol. The van der Waals surface area contributed by atoms with Gasteiger partial charge in [0, 0.05) is 10.9 Å². The van der Waals surface area contributed by atoms with Gasteiger partial charge in [-0.25, -0.2) is 4.98 Å². The zero-order valence-electron chi connectivity index (χ0n) is 12.1. The fourth-order valence-electron chi connectivity index (χ4n) is 4.02. The lowest BCUT2D eigenvalue weighted by molar-refractivity contribution is 0.153. The molecule has 1 unspecified atom stereocenters. The van der Waals surface area contributed by atoms with Crippen LogP contribution in [0.25, 0.3) is 0 Å². The summed E-state index contributed by atoms with van der Waals surface area (Å²) in [5.74, 6) is 0. The van der Waals surface area contributed by atoms with Gasteiger partial charge in [0.2, 0.25) is 0 Å². The molecule has 3 aliphatic carbocycles. The van der Waals surface area contributed by atoms with Crippen molar-refractivity contribution in [3.8, 4) is 0 Å². The number of rotatable bonds is 3. The number of hydrogen-bond donors (Lipinski definition) is 1. The maximum Gasteiger partial charge on any atom is 0.114 e. The van der Waals surface area contributed by atoms with E-state index in [-0.39, 0.29) is 5.54 Å². The molecule has 2 saturated carbocycles. The summed E-state index contributed by atoms with van der Waals surface area (Å²) in [6, 6.07) is 0.760. The van der Waals surface area contributed by atoms with Crippen molar-refractivity contribution in [1.29, 1.82) is 0 Å². The molecule has 3 heteroatoms. The Morgan fingerprint density at radius 2 is 2.00 bits per heavy atom. The summed E-state index contributed by atoms with van der Waals surface area (Å²) in [5.41, 5.74) is 1.93. The second-order valence-corrected chi connectivity index (χ2v) is 8.39. The molecule has 0 radical (unpaired) electrons. The van der Waals surface area contributed by atoms with Crippen LogP contribution in [0.3, 0.4) is 0 Å². The van der Waals surface area contributed by atoms with E-state index in [0.29, 0.717) is 5.41 Å². The normalized spacial score (nSPS) is 32.7. The Hall–Kier alpha value is -0.410. The summed E-state index contributed by atoms with van der Waals surface area (Å²) < 4.78 is 0. The summed E-state index contributed by atoms with van der Waals surface area (Å²) in [5, 5.41) is 5.42. The number of nitrogens with one attached hydrogen (secondary N) is 1. The topological polar surface area (TPSA) is 24.9 Å². The average Bonchev–Trinajstić information content (AvgIpc) is 2.77. The Morgan fingerprint density at radius 3 is 2.63 bits per heavy atom. The highest BCUT2D eigenvalue weighted by atomic mass is 32.1. The molecule has 0 saturated heterocycles. The van der Waals surface area contributed by atoms with Gasteiger partial charge in [-0.1, -0.05) is 20.3 Å². The average molecular weight is 276 g/mol. The van der Waals surface area contributed by atoms with E-state index < -0.39 is 0 Å². The molecule has 1 aromatic heterocycles. The summed E-state index contributed by atoms with van der Waals surface area (Å²) >= 11 is 2.02. The van der Waals surface area contributed by atoms with Crippen LogP contribution >= 0.6 is 11.3 Å². The van der Waals surface area contributed by atoms with E-state index in [0.717, 1.165) is 6.04 Å². The first-order valence-electron chi connectivity index (χ1n) is 7.87. The van der Waals surface area contributed by atoms with Gasteiger partial charge in [-0.05, 0) is 50.4 Å². The molecule has 0 aliphatic heterocycles. The van der Waals surface area contributed by atoms with Crippen LogP contribution in [-0.4, -0.2) is 11.0 Å². The molecule has 104 valence electrons. The molecule has 0 spiro atoms. The van der Waals surface area contributed by atoms with Gasteiger partial charge in [-0.15, -0.1) is 11.3 Å². The Kier molecular flexibility index (Phi) is 2.63. The van der Waals surface area contributed by atoms with Gasteiger partial charge in [0.15, 0.2) is 0 Å². The Balaban J connectivity index is 1.76. The zero-order valence-corrected chi connectivity index (χ0v) is 12.9. The first-order chi connectivity index (χ1) is 9.11. The van der Waals surface area contributed by atoms with Crippen molar-refractivity contribution in [3.05, 3.63) is 15.6 Å². The van der Waals surface area contributed by atoms with E-state index in [4.69, 9.17) is 4.98 Å². The minimum Gasteiger partial charge on any atom is -0.302 e. The van der Waals surface area contributed by atoms with Crippen molar-refractivity contribution in [1.82, 2.24) is 10.3 Å². The van der Waals surface area contributed by atoms with Crippen LogP contribution in [0.2, 0.25) is 0 Å². The standard InChI is InChI=1S/C16H24N2S/c1-15(2)9-4-10-16(15,18-11-7-8-11)14-17-12-5-3-6-13(12)19-14/h11,18H,3-10H2,1-2H3. The number of hydrogen-bond acceptors (Lipinski definition) is 3. The van der Waals surface area contributed by atoms with Gasteiger partial charge in [0.1, 0.15) is 5.01 Å². The molecule has 4 rings (SSSR count). The Bertz CT molecular complexity index is 479. The van der Waals surface area contributed by atoms with Crippen molar-refractivity contribution in [2.24, 2.45) is 5.41 Å². The summed E-state index contributed by atoms with van der Waals surface area (Å²) in [6.07, 6.45) is 10.5. The van der Waals surface area contributed by atoms with Crippen LogP contribution in [0.15, 0.2) is 0 Å². The summed E-state index contributed by atoms with van der Waals surface area (Å²) in [6.45, 7) is 4.89. The lowest BCUT2D eigenvalue weighted by Gasteiger charge is -2.41. The molecular weight excluding hydrogens is 252 g/mol. The molecule has 19 heavy (non-hydrogen) atoms. The summed E-state index contributed by atoms with van der Waals surface area (Å²) in [4.78, 5) is 6.66. The smallest absolute Gasteiger partial charge is 0.114 e. The number of aromatic nitrogens is 1. The molecule has 1 aromatic rings. The van der Waals surface area contributed by atoms with Crippen LogP contribution in [0.4, 0.5) is 0 Å². The van der Waals surface area contributed by atoms with Gasteiger partial charge in [0.25, 0.3) is 0 Å². The molecular formula is C16H24N2S. The quantitative estimate of drug-likeness (QED) is 0.908. The van der Waals surface area contributed by atoms with Crippen LogP contribution in [-0.2, 0) is 18.4 Å². The minimum atomic E-state index is 0.170. The van der Waals surface area contributed by atoms with Gasteiger partial charge in [-0.3, -0.25) is 0 Å².